The van der Waals surface area contributed by atoms with Crippen molar-refractivity contribution in [1.82, 2.24) is 5.32 Å². The molecule has 6 nitrogen and oxygen atoms in total. The van der Waals surface area contributed by atoms with Crippen molar-refractivity contribution >= 4 is 34.8 Å². The number of nitrogens with zero attached hydrogens (tertiary/aromatic N) is 1. The lowest BCUT2D eigenvalue weighted by atomic mass is 10.1. The Morgan fingerprint density at radius 3 is 2.63 bits per heavy atom. The fourth-order valence-corrected chi connectivity index (χ4v) is 2.18. The van der Waals surface area contributed by atoms with Crippen molar-refractivity contribution in [1.29, 1.82) is 0 Å². The number of phenolic OH excluding ortho intramolecular Hbond substituents is 1. The number of nitro groups is 1. The van der Waals surface area contributed by atoms with Gasteiger partial charge in [-0.15, -0.1) is 0 Å². The van der Waals surface area contributed by atoms with Crippen molar-refractivity contribution in [3.05, 3.63) is 31.8 Å². The van der Waals surface area contributed by atoms with Gasteiger partial charge < -0.3 is 10.4 Å². The molecule has 0 atom stereocenters. The summed E-state index contributed by atoms with van der Waals surface area (Å²) in [6.07, 6.45) is 2.06. The van der Waals surface area contributed by atoms with Crippen LogP contribution in [0.3, 0.4) is 0 Å². The van der Waals surface area contributed by atoms with Crippen molar-refractivity contribution in [2.24, 2.45) is 5.92 Å². The van der Waals surface area contributed by atoms with E-state index in [1.54, 1.807) is 0 Å². The molecule has 1 amide bonds. The van der Waals surface area contributed by atoms with E-state index in [0.717, 1.165) is 18.9 Å². The number of carbonyl (C=O) groups is 1. The Hall–Kier alpha value is -1.53. The Labute approximate surface area is 118 Å². The summed E-state index contributed by atoms with van der Waals surface area (Å²) >= 11 is 11.4. The van der Waals surface area contributed by atoms with Crippen molar-refractivity contribution in [2.45, 2.75) is 12.8 Å². The molecule has 0 unspecified atom stereocenters. The molecular weight excluding hydrogens is 295 g/mol. The van der Waals surface area contributed by atoms with Crippen LogP contribution in [-0.4, -0.2) is 22.5 Å². The summed E-state index contributed by atoms with van der Waals surface area (Å²) in [6.45, 7) is 0.440. The lowest BCUT2D eigenvalue weighted by molar-refractivity contribution is -0.386. The third kappa shape index (κ3) is 2.90. The first-order valence-corrected chi connectivity index (χ1v) is 6.31. The van der Waals surface area contributed by atoms with Crippen LogP contribution in [0.15, 0.2) is 6.07 Å². The molecule has 1 aliphatic rings. The lowest BCUT2D eigenvalue weighted by Crippen LogP contribution is -2.26. The minimum atomic E-state index is -0.876. The van der Waals surface area contributed by atoms with Gasteiger partial charge in [-0.25, -0.2) is 0 Å². The second-order valence-corrected chi connectivity index (χ2v) is 5.14. The van der Waals surface area contributed by atoms with Gasteiger partial charge in [0.1, 0.15) is 5.56 Å². The van der Waals surface area contributed by atoms with Gasteiger partial charge in [0.2, 0.25) is 5.75 Å². The number of rotatable bonds is 4. The molecule has 1 aromatic carbocycles. The third-order valence-electron chi connectivity index (χ3n) is 2.84. The average Bonchev–Trinajstić information content (AvgIpc) is 3.13. The second kappa shape index (κ2) is 5.22. The number of benzene rings is 1. The molecule has 0 bridgehead atoms. The second-order valence-electron chi connectivity index (χ2n) is 4.32. The van der Waals surface area contributed by atoms with E-state index in [1.165, 1.54) is 0 Å². The Morgan fingerprint density at radius 1 is 1.47 bits per heavy atom. The maximum Gasteiger partial charge on any atom is 0.326 e. The van der Waals surface area contributed by atoms with Crippen LogP contribution in [0.1, 0.15) is 23.2 Å². The first-order chi connectivity index (χ1) is 8.91. The van der Waals surface area contributed by atoms with Gasteiger partial charge in [0.25, 0.3) is 5.91 Å². The molecule has 1 fully saturated rings. The molecule has 0 radical (unpaired) electrons. The smallest absolute Gasteiger partial charge is 0.326 e. The first kappa shape index (κ1) is 13.9. The molecule has 2 N–H and O–H groups in total. The quantitative estimate of drug-likeness (QED) is 0.661. The topological polar surface area (TPSA) is 92.5 Å². The zero-order valence-corrected chi connectivity index (χ0v) is 11.2. The number of nitro benzene ring substituents is 1. The molecule has 2 rings (SSSR count). The highest BCUT2D eigenvalue weighted by Crippen LogP contribution is 2.40. The van der Waals surface area contributed by atoms with Crippen LogP contribution >= 0.6 is 23.2 Å². The molecule has 19 heavy (non-hydrogen) atoms. The number of carbonyl (C=O) groups excluding carboxylic acids is 1. The zero-order valence-electron chi connectivity index (χ0n) is 9.65. The van der Waals surface area contributed by atoms with Crippen molar-refractivity contribution < 1.29 is 14.8 Å². The predicted molar refractivity (Wildman–Crippen MR) is 69.8 cm³/mol. The number of hydrogen-bond donors (Lipinski definition) is 2. The number of nitrogens with one attached hydrogen (secondary N) is 1. The summed E-state index contributed by atoms with van der Waals surface area (Å²) in [4.78, 5) is 22.0. The SMILES string of the molecule is O=C(NCC1CC1)c1c(Cl)cc(Cl)c(O)c1[N+](=O)[O-]. The lowest BCUT2D eigenvalue weighted by Gasteiger charge is -2.09. The summed E-state index contributed by atoms with van der Waals surface area (Å²) in [5.41, 5.74) is -1.14. The van der Waals surface area contributed by atoms with E-state index in [-0.39, 0.29) is 15.6 Å². The predicted octanol–water partition coefficient (Wildman–Crippen LogP) is 2.75. The standard InChI is InChI=1S/C11H10Cl2N2O4/c12-6-3-7(13)10(16)9(15(18)19)8(6)11(17)14-4-5-1-2-5/h3,5,16H,1-2,4H2,(H,14,17). The average molecular weight is 305 g/mol. The van der Waals surface area contributed by atoms with Gasteiger partial charge in [-0.05, 0) is 24.8 Å². The van der Waals surface area contributed by atoms with E-state index >= 15 is 0 Å². The minimum Gasteiger partial charge on any atom is -0.501 e. The third-order valence-corrected chi connectivity index (χ3v) is 3.42. The Balaban J connectivity index is 2.38. The van der Waals surface area contributed by atoms with E-state index in [2.05, 4.69) is 5.32 Å². The van der Waals surface area contributed by atoms with Crippen molar-refractivity contribution in [3.63, 3.8) is 0 Å². The molecule has 1 aromatic rings. The highest BCUT2D eigenvalue weighted by molar-refractivity contribution is 6.38. The molecule has 1 saturated carbocycles. The van der Waals surface area contributed by atoms with Gasteiger partial charge in [0.05, 0.1) is 15.0 Å². The number of phenols is 1. The van der Waals surface area contributed by atoms with Crippen LogP contribution in [0.25, 0.3) is 0 Å². The van der Waals surface area contributed by atoms with E-state index in [1.807, 2.05) is 0 Å². The molecular formula is C11H10Cl2N2O4. The van der Waals surface area contributed by atoms with Gasteiger partial charge in [-0.1, -0.05) is 23.2 Å². The minimum absolute atomic E-state index is 0.164. The van der Waals surface area contributed by atoms with Gasteiger partial charge >= 0.3 is 5.69 Å². The first-order valence-electron chi connectivity index (χ1n) is 5.55. The Kier molecular flexibility index (Phi) is 3.82. The van der Waals surface area contributed by atoms with Crippen LogP contribution in [0.2, 0.25) is 10.0 Å². The van der Waals surface area contributed by atoms with Gasteiger partial charge in [0.15, 0.2) is 0 Å². The molecule has 0 saturated heterocycles. The molecule has 0 heterocycles. The summed E-state index contributed by atoms with van der Waals surface area (Å²) in [6, 6.07) is 1.11. The summed E-state index contributed by atoms with van der Waals surface area (Å²) in [5.74, 6) is -1.02. The molecule has 0 aromatic heterocycles. The monoisotopic (exact) mass is 304 g/mol. The van der Waals surface area contributed by atoms with Crippen LogP contribution in [0.4, 0.5) is 5.69 Å². The summed E-state index contributed by atoms with van der Waals surface area (Å²) in [7, 11) is 0. The Morgan fingerprint density at radius 2 is 2.11 bits per heavy atom. The normalized spacial score (nSPS) is 14.2. The maximum atomic E-state index is 11.9. The maximum absolute atomic E-state index is 11.9. The van der Waals surface area contributed by atoms with E-state index in [0.29, 0.717) is 12.5 Å². The number of amides is 1. The van der Waals surface area contributed by atoms with Gasteiger partial charge in [-0.2, -0.15) is 0 Å². The fraction of sp³-hybridized carbons (Fsp3) is 0.364. The molecule has 0 aliphatic heterocycles. The number of halogens is 2. The highest BCUT2D eigenvalue weighted by atomic mass is 35.5. The summed E-state index contributed by atoms with van der Waals surface area (Å²) in [5, 5.41) is 22.7. The van der Waals surface area contributed by atoms with Crippen LogP contribution in [0, 0.1) is 16.0 Å². The Bertz CT molecular complexity index is 558. The fourth-order valence-electron chi connectivity index (χ4n) is 1.64. The van der Waals surface area contributed by atoms with E-state index in [9.17, 15) is 20.0 Å². The van der Waals surface area contributed by atoms with Crippen LogP contribution in [0.5, 0.6) is 5.75 Å². The number of hydrogen-bond acceptors (Lipinski definition) is 4. The molecule has 1 aliphatic carbocycles. The largest absolute Gasteiger partial charge is 0.501 e. The molecule has 8 heteroatoms. The van der Waals surface area contributed by atoms with E-state index in [4.69, 9.17) is 23.2 Å². The van der Waals surface area contributed by atoms with Crippen LogP contribution in [-0.2, 0) is 0 Å². The van der Waals surface area contributed by atoms with Crippen LogP contribution < -0.4 is 5.32 Å². The van der Waals surface area contributed by atoms with E-state index < -0.39 is 22.3 Å². The summed E-state index contributed by atoms with van der Waals surface area (Å²) < 4.78 is 0. The van der Waals surface area contributed by atoms with Gasteiger partial charge in [-0.3, -0.25) is 14.9 Å². The van der Waals surface area contributed by atoms with Crippen molar-refractivity contribution in [3.8, 4) is 5.75 Å². The molecule has 0 spiro atoms. The zero-order chi connectivity index (χ0) is 14.2. The highest BCUT2D eigenvalue weighted by Gasteiger charge is 2.31. The number of aromatic hydroxyl groups is 1. The van der Waals surface area contributed by atoms with Crippen molar-refractivity contribution in [2.75, 3.05) is 6.54 Å². The molecule has 102 valence electrons. The van der Waals surface area contributed by atoms with Gasteiger partial charge in [0, 0.05) is 6.54 Å².